The zero-order chi connectivity index (χ0) is 17.1. The molecule has 1 amide bonds. The highest BCUT2D eigenvalue weighted by Crippen LogP contribution is 2.31. The average Bonchev–Trinajstić information content (AvgIpc) is 2.58. The lowest BCUT2D eigenvalue weighted by atomic mass is 10.2. The van der Waals surface area contributed by atoms with E-state index in [0.717, 1.165) is 23.2 Å². The van der Waals surface area contributed by atoms with Gasteiger partial charge in [0.15, 0.2) is 0 Å². The van der Waals surface area contributed by atoms with Gasteiger partial charge >= 0.3 is 0 Å². The third-order valence-corrected chi connectivity index (χ3v) is 4.92. The summed E-state index contributed by atoms with van der Waals surface area (Å²) in [5.41, 5.74) is 1.85. The zero-order valence-corrected chi connectivity index (χ0v) is 15.9. The molecule has 1 aliphatic heterocycles. The summed E-state index contributed by atoms with van der Waals surface area (Å²) in [5, 5.41) is 2.88. The molecule has 0 aliphatic carbocycles. The molecule has 1 fully saturated rings. The van der Waals surface area contributed by atoms with E-state index in [1.165, 1.54) is 18.2 Å². The van der Waals surface area contributed by atoms with Gasteiger partial charge in [-0.1, -0.05) is 15.9 Å². The van der Waals surface area contributed by atoms with Gasteiger partial charge in [-0.3, -0.25) is 4.79 Å². The number of ether oxygens (including phenoxy) is 1. The van der Waals surface area contributed by atoms with Gasteiger partial charge in [0.2, 0.25) is 0 Å². The number of halogens is 3. The molecule has 1 N–H and O–H groups in total. The molecule has 0 spiro atoms. The van der Waals surface area contributed by atoms with E-state index >= 15 is 0 Å². The first-order valence-electron chi connectivity index (χ1n) is 7.43. The normalized spacial score (nSPS) is 14.5. The number of benzene rings is 2. The number of carbonyl (C=O) groups is 1. The number of nitrogens with zero attached hydrogens (tertiary/aromatic N) is 1. The maximum absolute atomic E-state index is 13.5. The Hall–Kier alpha value is -1.44. The number of hydrogen-bond acceptors (Lipinski definition) is 3. The minimum absolute atomic E-state index is 0.253. The molecule has 126 valence electrons. The van der Waals surface area contributed by atoms with Crippen molar-refractivity contribution < 1.29 is 13.9 Å². The van der Waals surface area contributed by atoms with E-state index in [1.54, 1.807) is 0 Å². The predicted octanol–water partition coefficient (Wildman–Crippen LogP) is 4.44. The molecule has 0 saturated carbocycles. The van der Waals surface area contributed by atoms with E-state index in [-0.39, 0.29) is 11.5 Å². The molecule has 0 bridgehead atoms. The van der Waals surface area contributed by atoms with Gasteiger partial charge in [0, 0.05) is 22.0 Å². The van der Waals surface area contributed by atoms with Crippen molar-refractivity contribution in [3.05, 3.63) is 56.7 Å². The summed E-state index contributed by atoms with van der Waals surface area (Å²) >= 11 is 6.72. The van der Waals surface area contributed by atoms with Gasteiger partial charge in [0.25, 0.3) is 5.91 Å². The first kappa shape index (κ1) is 17.4. The van der Waals surface area contributed by atoms with Crippen molar-refractivity contribution in [2.45, 2.75) is 0 Å². The van der Waals surface area contributed by atoms with Gasteiger partial charge in [0.05, 0.1) is 30.2 Å². The quantitative estimate of drug-likeness (QED) is 0.740. The van der Waals surface area contributed by atoms with Crippen molar-refractivity contribution in [2.75, 3.05) is 36.5 Å². The molecule has 4 nitrogen and oxygen atoms in total. The Morgan fingerprint density at radius 3 is 2.62 bits per heavy atom. The molecule has 2 aromatic rings. The average molecular weight is 458 g/mol. The van der Waals surface area contributed by atoms with Gasteiger partial charge in [0.1, 0.15) is 5.82 Å². The van der Waals surface area contributed by atoms with Crippen LogP contribution < -0.4 is 10.2 Å². The summed E-state index contributed by atoms with van der Waals surface area (Å²) in [4.78, 5) is 14.7. The Balaban J connectivity index is 1.89. The number of rotatable bonds is 3. The van der Waals surface area contributed by atoms with Crippen molar-refractivity contribution in [2.24, 2.45) is 0 Å². The highest BCUT2D eigenvalue weighted by molar-refractivity contribution is 9.10. The molecular formula is C17H15Br2FN2O2. The number of hydrogen-bond donors (Lipinski definition) is 1. The van der Waals surface area contributed by atoms with E-state index in [1.807, 2.05) is 18.2 Å². The lowest BCUT2D eigenvalue weighted by Gasteiger charge is -2.30. The molecule has 1 aliphatic rings. The topological polar surface area (TPSA) is 41.6 Å². The second kappa shape index (κ2) is 7.63. The molecule has 2 aromatic carbocycles. The Morgan fingerprint density at radius 1 is 1.12 bits per heavy atom. The molecule has 0 unspecified atom stereocenters. The monoisotopic (exact) mass is 456 g/mol. The smallest absolute Gasteiger partial charge is 0.256 e. The summed E-state index contributed by atoms with van der Waals surface area (Å²) in [6.07, 6.45) is 0. The molecule has 0 radical (unpaired) electrons. The Labute approximate surface area is 156 Å². The predicted molar refractivity (Wildman–Crippen MR) is 99.2 cm³/mol. The zero-order valence-electron chi connectivity index (χ0n) is 12.7. The van der Waals surface area contributed by atoms with E-state index in [2.05, 4.69) is 42.1 Å². The lowest BCUT2D eigenvalue weighted by Crippen LogP contribution is -2.36. The Bertz CT molecular complexity index is 764. The maximum Gasteiger partial charge on any atom is 0.256 e. The molecule has 0 atom stereocenters. The molecule has 1 heterocycles. The number of carbonyl (C=O) groups excluding carboxylic acids is 1. The third kappa shape index (κ3) is 3.96. The maximum atomic E-state index is 13.5. The van der Waals surface area contributed by atoms with E-state index in [9.17, 15) is 9.18 Å². The van der Waals surface area contributed by atoms with Crippen LogP contribution in [0.15, 0.2) is 45.3 Å². The number of amides is 1. The molecule has 1 saturated heterocycles. The van der Waals surface area contributed by atoms with Gasteiger partial charge in [-0.15, -0.1) is 0 Å². The van der Waals surface area contributed by atoms with Gasteiger partial charge < -0.3 is 15.0 Å². The SMILES string of the molecule is O=C(Nc1cc(Br)ccc1N1CCOCC1)c1cc(F)ccc1Br. The summed E-state index contributed by atoms with van der Waals surface area (Å²) in [6, 6.07) is 9.76. The van der Waals surface area contributed by atoms with Crippen LogP contribution in [-0.2, 0) is 4.74 Å². The van der Waals surface area contributed by atoms with Crippen LogP contribution in [0, 0.1) is 5.82 Å². The summed E-state index contributed by atoms with van der Waals surface area (Å²) in [6.45, 7) is 2.82. The highest BCUT2D eigenvalue weighted by atomic mass is 79.9. The van der Waals surface area contributed by atoms with Crippen LogP contribution in [0.1, 0.15) is 10.4 Å². The fourth-order valence-corrected chi connectivity index (χ4v) is 3.34. The molecular weight excluding hydrogens is 443 g/mol. The van der Waals surface area contributed by atoms with Crippen LogP contribution in [-0.4, -0.2) is 32.2 Å². The molecule has 7 heteroatoms. The third-order valence-electron chi connectivity index (χ3n) is 3.73. The van der Waals surface area contributed by atoms with Crippen molar-refractivity contribution in [3.8, 4) is 0 Å². The van der Waals surface area contributed by atoms with Crippen molar-refractivity contribution in [1.29, 1.82) is 0 Å². The first-order valence-corrected chi connectivity index (χ1v) is 9.02. The highest BCUT2D eigenvalue weighted by Gasteiger charge is 2.18. The molecule has 24 heavy (non-hydrogen) atoms. The van der Waals surface area contributed by atoms with Crippen LogP contribution >= 0.6 is 31.9 Å². The number of morpholine rings is 1. The van der Waals surface area contributed by atoms with Crippen molar-refractivity contribution in [3.63, 3.8) is 0 Å². The lowest BCUT2D eigenvalue weighted by molar-refractivity contribution is 0.102. The minimum atomic E-state index is -0.453. The van der Waals surface area contributed by atoms with Crippen LogP contribution in [0.2, 0.25) is 0 Å². The van der Waals surface area contributed by atoms with E-state index in [4.69, 9.17) is 4.74 Å². The minimum Gasteiger partial charge on any atom is -0.378 e. The summed E-state index contributed by atoms with van der Waals surface area (Å²) in [7, 11) is 0. The van der Waals surface area contributed by atoms with Crippen molar-refractivity contribution in [1.82, 2.24) is 0 Å². The Morgan fingerprint density at radius 2 is 1.88 bits per heavy atom. The summed E-state index contributed by atoms with van der Waals surface area (Å²) in [5.74, 6) is -0.819. The van der Waals surface area contributed by atoms with Crippen LogP contribution in [0.4, 0.5) is 15.8 Å². The summed E-state index contributed by atoms with van der Waals surface area (Å²) < 4.78 is 20.2. The standard InChI is InChI=1S/C17H15Br2FN2O2/c18-11-1-4-16(22-5-7-24-8-6-22)15(9-11)21-17(23)13-10-12(20)2-3-14(13)19/h1-4,9-10H,5-8H2,(H,21,23). The van der Waals surface area contributed by atoms with E-state index < -0.39 is 5.82 Å². The second-order valence-electron chi connectivity index (χ2n) is 5.34. The van der Waals surface area contributed by atoms with Gasteiger partial charge in [-0.25, -0.2) is 4.39 Å². The molecule has 0 aromatic heterocycles. The van der Waals surface area contributed by atoms with Crippen LogP contribution in [0.3, 0.4) is 0 Å². The number of nitrogens with one attached hydrogen (secondary N) is 1. The second-order valence-corrected chi connectivity index (χ2v) is 7.11. The van der Waals surface area contributed by atoms with Gasteiger partial charge in [-0.2, -0.15) is 0 Å². The Kier molecular flexibility index (Phi) is 5.53. The van der Waals surface area contributed by atoms with Gasteiger partial charge in [-0.05, 0) is 52.3 Å². The first-order chi connectivity index (χ1) is 11.5. The van der Waals surface area contributed by atoms with Crippen molar-refractivity contribution >= 4 is 49.1 Å². The van der Waals surface area contributed by atoms with Crippen LogP contribution in [0.25, 0.3) is 0 Å². The fourth-order valence-electron chi connectivity index (χ4n) is 2.55. The largest absolute Gasteiger partial charge is 0.378 e. The van der Waals surface area contributed by atoms with E-state index in [0.29, 0.717) is 23.4 Å². The molecule has 3 rings (SSSR count). The number of anilines is 2. The van der Waals surface area contributed by atoms with Crippen LogP contribution in [0.5, 0.6) is 0 Å². The fraction of sp³-hybridized carbons (Fsp3) is 0.235.